The summed E-state index contributed by atoms with van der Waals surface area (Å²) in [7, 11) is 0. The van der Waals surface area contributed by atoms with Crippen molar-refractivity contribution in [1.29, 1.82) is 10.5 Å². The number of aromatic nitrogens is 3. The SMILES string of the molecule is CC(=O)OC[C@H]1O[C@H](Sc2ccc(C#N)c(Br)c2)[C@H](OC(C)=O)[C@@H](n2cc(-c3cc(F)c(F)c(F)c3)nn2)[C@H]1OC(C)=O.N#Cc1ccc(S)cc1Br. The molecule has 19 heteroatoms. The van der Waals surface area contributed by atoms with Gasteiger partial charge in [0, 0.05) is 45.1 Å². The Morgan fingerprint density at radius 3 is 2.04 bits per heavy atom. The number of carbonyl (C=O) groups is 3. The van der Waals surface area contributed by atoms with E-state index in [4.69, 9.17) is 24.2 Å². The smallest absolute Gasteiger partial charge is 0.303 e. The van der Waals surface area contributed by atoms with Crippen LogP contribution in [0.15, 0.2) is 73.5 Å². The van der Waals surface area contributed by atoms with Crippen LogP contribution in [0, 0.1) is 40.1 Å². The van der Waals surface area contributed by atoms with Crippen LogP contribution in [0.25, 0.3) is 11.3 Å². The van der Waals surface area contributed by atoms with Crippen molar-refractivity contribution in [1.82, 2.24) is 15.0 Å². The van der Waals surface area contributed by atoms with Gasteiger partial charge >= 0.3 is 17.9 Å². The lowest BCUT2D eigenvalue weighted by Gasteiger charge is -2.44. The van der Waals surface area contributed by atoms with Crippen LogP contribution in [0.2, 0.25) is 0 Å². The first-order chi connectivity index (χ1) is 25.1. The Hall–Kier alpha value is -4.40. The topological polar surface area (TPSA) is 166 Å². The first-order valence-electron chi connectivity index (χ1n) is 15.1. The molecule has 53 heavy (non-hydrogen) atoms. The van der Waals surface area contributed by atoms with E-state index in [0.29, 0.717) is 20.5 Å². The zero-order valence-corrected chi connectivity index (χ0v) is 32.5. The average molecular weight is 898 g/mol. The Labute approximate surface area is 327 Å². The highest BCUT2D eigenvalue weighted by Crippen LogP contribution is 2.42. The van der Waals surface area contributed by atoms with Crippen molar-refractivity contribution in [2.24, 2.45) is 0 Å². The quantitative estimate of drug-likeness (QED) is 0.0827. The van der Waals surface area contributed by atoms with Gasteiger partial charge in [-0.1, -0.05) is 17.0 Å². The molecule has 0 N–H and O–H groups in total. The fraction of sp³-hybridized carbons (Fsp3) is 0.265. The molecule has 2 heterocycles. The summed E-state index contributed by atoms with van der Waals surface area (Å²) in [4.78, 5) is 37.6. The second-order valence-electron chi connectivity index (χ2n) is 11.0. The third-order valence-corrected chi connectivity index (χ3v) is 9.88. The first kappa shape index (κ1) is 41.4. The number of rotatable bonds is 8. The fourth-order valence-electron chi connectivity index (χ4n) is 4.93. The van der Waals surface area contributed by atoms with E-state index in [9.17, 15) is 32.8 Å². The Morgan fingerprint density at radius 2 is 1.49 bits per heavy atom. The van der Waals surface area contributed by atoms with Gasteiger partial charge in [0.2, 0.25) is 0 Å². The number of nitriles is 2. The van der Waals surface area contributed by atoms with Gasteiger partial charge in [-0.3, -0.25) is 14.4 Å². The van der Waals surface area contributed by atoms with Crippen LogP contribution in [0.4, 0.5) is 13.2 Å². The van der Waals surface area contributed by atoms with Gasteiger partial charge < -0.3 is 18.9 Å². The minimum Gasteiger partial charge on any atom is -0.463 e. The lowest BCUT2D eigenvalue weighted by atomic mass is 9.96. The summed E-state index contributed by atoms with van der Waals surface area (Å²) >= 11 is 11.8. The maximum absolute atomic E-state index is 14.0. The van der Waals surface area contributed by atoms with Crippen molar-refractivity contribution in [2.75, 3.05) is 6.61 Å². The van der Waals surface area contributed by atoms with Crippen LogP contribution >= 0.6 is 56.3 Å². The molecule has 1 aromatic heterocycles. The highest BCUT2D eigenvalue weighted by Gasteiger charge is 2.52. The summed E-state index contributed by atoms with van der Waals surface area (Å²) in [5.74, 6) is -6.68. The molecule has 1 aliphatic heterocycles. The number of hydrogen-bond acceptors (Lipinski definition) is 13. The molecule has 1 saturated heterocycles. The minimum atomic E-state index is -1.66. The summed E-state index contributed by atoms with van der Waals surface area (Å²) in [6.45, 7) is 3.08. The van der Waals surface area contributed by atoms with Crippen molar-refractivity contribution >= 4 is 74.2 Å². The summed E-state index contributed by atoms with van der Waals surface area (Å²) in [5, 5.41) is 25.8. The van der Waals surface area contributed by atoms with Crippen LogP contribution < -0.4 is 0 Å². The maximum atomic E-state index is 14.0. The van der Waals surface area contributed by atoms with Crippen LogP contribution in [0.3, 0.4) is 0 Å². The highest BCUT2D eigenvalue weighted by molar-refractivity contribution is 9.10. The Kier molecular flexibility index (Phi) is 14.5. The second-order valence-corrected chi connectivity index (χ2v) is 14.4. The van der Waals surface area contributed by atoms with E-state index in [0.717, 1.165) is 47.1 Å². The molecule has 276 valence electrons. The van der Waals surface area contributed by atoms with E-state index in [-0.39, 0.29) is 17.9 Å². The number of halogens is 5. The van der Waals surface area contributed by atoms with Crippen molar-refractivity contribution in [2.45, 2.75) is 60.4 Å². The largest absolute Gasteiger partial charge is 0.463 e. The monoisotopic (exact) mass is 895 g/mol. The van der Waals surface area contributed by atoms with E-state index < -0.39 is 65.1 Å². The lowest BCUT2D eigenvalue weighted by Crippen LogP contribution is -2.57. The fourth-order valence-corrected chi connectivity index (χ4v) is 7.54. The normalized spacial score (nSPS) is 19.1. The average Bonchev–Trinajstić information content (AvgIpc) is 3.57. The Balaban J connectivity index is 0.000000541. The summed E-state index contributed by atoms with van der Waals surface area (Å²) < 4.78 is 66.6. The predicted octanol–water partition coefficient (Wildman–Crippen LogP) is 7.09. The van der Waals surface area contributed by atoms with Crippen LogP contribution in [0.5, 0.6) is 0 Å². The first-order valence-corrected chi connectivity index (χ1v) is 18.0. The molecule has 4 aromatic rings. The van der Waals surface area contributed by atoms with Gasteiger partial charge in [-0.2, -0.15) is 10.5 Å². The van der Waals surface area contributed by atoms with Crippen molar-refractivity contribution in [3.05, 3.63) is 92.3 Å². The third kappa shape index (κ3) is 10.8. The van der Waals surface area contributed by atoms with E-state index in [1.807, 2.05) is 12.1 Å². The molecular weight excluding hydrogens is 871 g/mol. The zero-order valence-electron chi connectivity index (χ0n) is 27.6. The molecule has 0 aliphatic carbocycles. The van der Waals surface area contributed by atoms with Gasteiger partial charge in [-0.05, 0) is 80.4 Å². The van der Waals surface area contributed by atoms with E-state index in [2.05, 4.69) is 54.8 Å². The standard InChI is InChI=1S/C27H22BrF3N4O7S.C7H4BrNS/c1-12(36)39-11-22-25(40-13(2)37)24(35-10-21(33-34-35)16-6-19(29)23(31)20(30)7-16)26(41-14(3)38)27(42-22)43-17-5-4-15(9-32)18(28)8-17;8-7-3-6(10)2-1-5(7)4-9/h4-8,10,22,24-27H,11H2,1-3H3;1-3,10H/t22-,24+,25+,26-,27-;/m1./s1. The Bertz CT molecular complexity index is 2090. The molecule has 12 nitrogen and oxygen atoms in total. The number of ether oxygens (including phenoxy) is 4. The molecule has 1 aliphatic rings. The zero-order chi connectivity index (χ0) is 39.0. The molecular formula is C34H26Br2F3N5O7S2. The molecule has 0 saturated carbocycles. The lowest BCUT2D eigenvalue weighted by molar-refractivity contribution is -0.212. The highest BCUT2D eigenvalue weighted by atomic mass is 79.9. The molecule has 0 unspecified atom stereocenters. The molecule has 0 bridgehead atoms. The Morgan fingerprint density at radius 1 is 0.906 bits per heavy atom. The molecule has 0 spiro atoms. The summed E-state index contributed by atoms with van der Waals surface area (Å²) in [5.41, 5.74) is -0.251. The number of esters is 3. The van der Waals surface area contributed by atoms with E-state index >= 15 is 0 Å². The number of nitrogens with zero attached hydrogens (tertiary/aromatic N) is 5. The predicted molar refractivity (Wildman–Crippen MR) is 192 cm³/mol. The molecule has 1 fully saturated rings. The summed E-state index contributed by atoms with van der Waals surface area (Å²) in [6, 6.07) is 14.5. The number of thioether (sulfide) groups is 1. The van der Waals surface area contributed by atoms with E-state index in [1.165, 1.54) is 17.8 Å². The van der Waals surface area contributed by atoms with Gasteiger partial charge in [0.05, 0.1) is 17.3 Å². The van der Waals surface area contributed by atoms with Crippen LogP contribution in [-0.4, -0.2) is 63.3 Å². The van der Waals surface area contributed by atoms with E-state index in [1.54, 1.807) is 36.4 Å². The van der Waals surface area contributed by atoms with Crippen molar-refractivity contribution < 1.29 is 46.5 Å². The molecule has 5 atom stereocenters. The van der Waals surface area contributed by atoms with Gasteiger partial charge in [-0.15, -0.1) is 17.7 Å². The third-order valence-electron chi connectivity index (χ3n) is 7.15. The van der Waals surface area contributed by atoms with Crippen LogP contribution in [0.1, 0.15) is 37.9 Å². The number of hydrogen-bond donors (Lipinski definition) is 1. The van der Waals surface area contributed by atoms with Crippen molar-refractivity contribution in [3.63, 3.8) is 0 Å². The van der Waals surface area contributed by atoms with Crippen molar-refractivity contribution in [3.8, 4) is 23.4 Å². The minimum absolute atomic E-state index is 0.0794. The molecule has 0 amide bonds. The van der Waals surface area contributed by atoms with Gasteiger partial charge in [0.15, 0.2) is 29.7 Å². The van der Waals surface area contributed by atoms with Gasteiger partial charge in [-0.25, -0.2) is 17.9 Å². The molecule has 0 radical (unpaired) electrons. The second kappa shape index (κ2) is 18.6. The summed E-state index contributed by atoms with van der Waals surface area (Å²) in [6.07, 6.45) is -2.37. The van der Waals surface area contributed by atoms with Gasteiger partial charge in [0.25, 0.3) is 0 Å². The van der Waals surface area contributed by atoms with Gasteiger partial charge in [0.1, 0.15) is 42.0 Å². The molecule has 3 aromatic carbocycles. The number of benzene rings is 3. The van der Waals surface area contributed by atoms with Crippen LogP contribution in [-0.2, 0) is 33.3 Å². The molecule has 5 rings (SSSR count). The maximum Gasteiger partial charge on any atom is 0.303 e. The number of carbonyl (C=O) groups excluding carboxylic acids is 3. The number of thiol groups is 1.